The Morgan fingerprint density at radius 2 is 2.00 bits per heavy atom. The SMILES string of the molecule is Cc1cc(S(=O)(=O)Nc2ccc(CC(N)=S)cc2)sc1Cl. The summed E-state index contributed by atoms with van der Waals surface area (Å²) in [7, 11) is -3.62. The Morgan fingerprint density at radius 3 is 2.48 bits per heavy atom. The van der Waals surface area contributed by atoms with Gasteiger partial charge in [-0.2, -0.15) is 0 Å². The lowest BCUT2D eigenvalue weighted by atomic mass is 10.1. The van der Waals surface area contributed by atoms with Crippen LogP contribution in [0.4, 0.5) is 5.69 Å². The minimum absolute atomic E-state index is 0.192. The van der Waals surface area contributed by atoms with Crippen molar-refractivity contribution in [1.82, 2.24) is 0 Å². The van der Waals surface area contributed by atoms with Crippen molar-refractivity contribution in [2.24, 2.45) is 5.73 Å². The van der Waals surface area contributed by atoms with Crippen LogP contribution in [0.15, 0.2) is 34.5 Å². The highest BCUT2D eigenvalue weighted by Gasteiger charge is 2.18. The van der Waals surface area contributed by atoms with E-state index in [0.717, 1.165) is 22.5 Å². The second-order valence-corrected chi connectivity index (χ2v) is 8.56. The van der Waals surface area contributed by atoms with Crippen LogP contribution >= 0.6 is 35.2 Å². The zero-order valence-corrected chi connectivity index (χ0v) is 14.3. The Labute approximate surface area is 138 Å². The summed E-state index contributed by atoms with van der Waals surface area (Å²) < 4.78 is 27.6. The Hall–Kier alpha value is -1.15. The molecule has 1 aromatic carbocycles. The number of nitrogens with one attached hydrogen (secondary N) is 1. The maximum Gasteiger partial charge on any atom is 0.271 e. The van der Waals surface area contributed by atoms with Gasteiger partial charge in [0, 0.05) is 12.1 Å². The minimum Gasteiger partial charge on any atom is -0.393 e. The molecule has 0 aliphatic rings. The van der Waals surface area contributed by atoms with Crippen LogP contribution in [0.25, 0.3) is 0 Å². The molecule has 1 aromatic heterocycles. The first-order chi connectivity index (χ1) is 9.78. The molecule has 0 radical (unpaired) electrons. The van der Waals surface area contributed by atoms with E-state index in [-0.39, 0.29) is 4.21 Å². The summed E-state index contributed by atoms with van der Waals surface area (Å²) >= 11 is 11.8. The summed E-state index contributed by atoms with van der Waals surface area (Å²) in [6.07, 6.45) is 0.488. The lowest BCUT2D eigenvalue weighted by molar-refractivity contribution is 0.603. The maximum atomic E-state index is 12.2. The van der Waals surface area contributed by atoms with Gasteiger partial charge >= 0.3 is 0 Å². The number of hydrogen-bond donors (Lipinski definition) is 2. The Balaban J connectivity index is 2.18. The van der Waals surface area contributed by atoms with Crippen molar-refractivity contribution < 1.29 is 8.42 Å². The molecule has 0 aliphatic carbocycles. The first-order valence-corrected chi connectivity index (χ1v) is 9.02. The largest absolute Gasteiger partial charge is 0.393 e. The van der Waals surface area contributed by atoms with E-state index in [1.165, 1.54) is 0 Å². The van der Waals surface area contributed by atoms with E-state index in [1.54, 1.807) is 37.3 Å². The van der Waals surface area contributed by atoms with Gasteiger partial charge in [-0.15, -0.1) is 11.3 Å². The fourth-order valence-corrected chi connectivity index (χ4v) is 4.59. The van der Waals surface area contributed by atoms with E-state index >= 15 is 0 Å². The molecule has 8 heteroatoms. The summed E-state index contributed by atoms with van der Waals surface area (Å²) in [6, 6.07) is 8.46. The lowest BCUT2D eigenvalue weighted by Gasteiger charge is -2.07. The van der Waals surface area contributed by atoms with Crippen LogP contribution in [0.2, 0.25) is 4.34 Å². The number of thiocarbonyl (C=S) groups is 1. The van der Waals surface area contributed by atoms with Gasteiger partial charge in [-0.1, -0.05) is 36.0 Å². The number of thiophene rings is 1. The van der Waals surface area contributed by atoms with Crippen molar-refractivity contribution in [3.63, 3.8) is 0 Å². The third kappa shape index (κ3) is 4.16. The molecule has 4 nitrogen and oxygen atoms in total. The highest BCUT2D eigenvalue weighted by molar-refractivity contribution is 7.94. The van der Waals surface area contributed by atoms with Gasteiger partial charge in [0.2, 0.25) is 0 Å². The van der Waals surface area contributed by atoms with Gasteiger partial charge in [-0.05, 0) is 36.2 Å². The first-order valence-electron chi connectivity index (χ1n) is 5.94. The third-order valence-corrected chi connectivity index (χ3v) is 6.24. The van der Waals surface area contributed by atoms with E-state index in [0.29, 0.717) is 21.4 Å². The molecule has 21 heavy (non-hydrogen) atoms. The summed E-state index contributed by atoms with van der Waals surface area (Å²) in [4.78, 5) is 0.395. The number of nitrogens with two attached hydrogens (primary N) is 1. The van der Waals surface area contributed by atoms with Gasteiger partial charge in [-0.3, -0.25) is 4.72 Å². The molecule has 3 N–H and O–H groups in total. The van der Waals surface area contributed by atoms with Crippen LogP contribution < -0.4 is 10.5 Å². The first kappa shape index (κ1) is 16.2. The molecule has 0 saturated heterocycles. The van der Waals surface area contributed by atoms with Crippen molar-refractivity contribution in [1.29, 1.82) is 0 Å². The topological polar surface area (TPSA) is 72.2 Å². The number of sulfonamides is 1. The molecule has 0 amide bonds. The highest BCUT2D eigenvalue weighted by Crippen LogP contribution is 2.31. The number of halogens is 1. The molecule has 1 heterocycles. The molecule has 0 unspecified atom stereocenters. The van der Waals surface area contributed by atoms with Crippen LogP contribution in [-0.4, -0.2) is 13.4 Å². The van der Waals surface area contributed by atoms with Gasteiger partial charge in [0.25, 0.3) is 10.0 Å². The molecule has 2 rings (SSSR count). The minimum atomic E-state index is -3.62. The predicted octanol–water partition coefficient (Wildman–Crippen LogP) is 3.34. The molecule has 0 fully saturated rings. The Kier molecular flexibility index (Phi) is 4.88. The third-order valence-electron chi connectivity index (χ3n) is 2.68. The molecule has 0 spiro atoms. The Bertz CT molecular complexity index is 748. The summed E-state index contributed by atoms with van der Waals surface area (Å²) in [5, 5.41) is 0. The van der Waals surface area contributed by atoms with Crippen molar-refractivity contribution >= 4 is 55.9 Å². The number of hydrogen-bond acceptors (Lipinski definition) is 4. The van der Waals surface area contributed by atoms with Gasteiger partial charge in [-0.25, -0.2) is 8.42 Å². The van der Waals surface area contributed by atoms with Gasteiger partial charge in [0.1, 0.15) is 4.21 Å². The van der Waals surface area contributed by atoms with Crippen LogP contribution in [0.5, 0.6) is 0 Å². The molecular formula is C13H13ClN2O2S3. The van der Waals surface area contributed by atoms with Crippen molar-refractivity contribution in [2.75, 3.05) is 4.72 Å². The molecule has 2 aromatic rings. The standard InChI is InChI=1S/C13H13ClN2O2S3/c1-8-6-12(20-13(8)14)21(17,18)16-10-4-2-9(3-5-10)7-11(15)19/h2-6,16H,7H2,1H3,(H2,15,19). The van der Waals surface area contributed by atoms with E-state index in [1.807, 2.05) is 0 Å². The average molecular weight is 361 g/mol. The van der Waals surface area contributed by atoms with E-state index in [2.05, 4.69) is 4.72 Å². The van der Waals surface area contributed by atoms with Crippen molar-refractivity contribution in [3.05, 3.63) is 45.8 Å². The van der Waals surface area contributed by atoms with E-state index < -0.39 is 10.0 Å². The van der Waals surface area contributed by atoms with Crippen molar-refractivity contribution in [2.45, 2.75) is 17.6 Å². The fourth-order valence-electron chi connectivity index (χ4n) is 1.66. The number of rotatable bonds is 5. The monoisotopic (exact) mass is 360 g/mol. The van der Waals surface area contributed by atoms with E-state index in [4.69, 9.17) is 29.6 Å². The molecule has 112 valence electrons. The van der Waals surface area contributed by atoms with Crippen LogP contribution in [0, 0.1) is 6.92 Å². The number of benzene rings is 1. The normalized spacial score (nSPS) is 11.3. The Morgan fingerprint density at radius 1 is 1.38 bits per heavy atom. The average Bonchev–Trinajstić information content (AvgIpc) is 2.72. The summed E-state index contributed by atoms with van der Waals surface area (Å²) in [5.41, 5.74) is 7.62. The van der Waals surface area contributed by atoms with E-state index in [9.17, 15) is 8.42 Å². The zero-order valence-electron chi connectivity index (χ0n) is 11.1. The highest BCUT2D eigenvalue weighted by atomic mass is 35.5. The number of anilines is 1. The van der Waals surface area contributed by atoms with Gasteiger partial charge in [0.15, 0.2) is 0 Å². The zero-order chi connectivity index (χ0) is 15.6. The van der Waals surface area contributed by atoms with Gasteiger partial charge < -0.3 is 5.73 Å². The van der Waals surface area contributed by atoms with Crippen LogP contribution in [0.3, 0.4) is 0 Å². The van der Waals surface area contributed by atoms with Crippen molar-refractivity contribution in [3.8, 4) is 0 Å². The van der Waals surface area contributed by atoms with Crippen LogP contribution in [-0.2, 0) is 16.4 Å². The fraction of sp³-hybridized carbons (Fsp3) is 0.154. The quantitative estimate of drug-likeness (QED) is 0.802. The second-order valence-electron chi connectivity index (χ2n) is 4.47. The predicted molar refractivity (Wildman–Crippen MR) is 91.8 cm³/mol. The van der Waals surface area contributed by atoms with Crippen LogP contribution in [0.1, 0.15) is 11.1 Å². The summed E-state index contributed by atoms with van der Waals surface area (Å²) in [5.74, 6) is 0. The second kappa shape index (κ2) is 6.31. The summed E-state index contributed by atoms with van der Waals surface area (Å²) in [6.45, 7) is 1.77. The lowest BCUT2D eigenvalue weighted by Crippen LogP contribution is -2.12. The smallest absolute Gasteiger partial charge is 0.271 e. The maximum absolute atomic E-state index is 12.2. The molecule has 0 saturated carbocycles. The molecule has 0 aliphatic heterocycles. The number of aryl methyl sites for hydroxylation is 1. The molecule has 0 atom stereocenters. The van der Waals surface area contributed by atoms with Gasteiger partial charge in [0.05, 0.1) is 9.32 Å². The molecule has 0 bridgehead atoms. The molecular weight excluding hydrogens is 348 g/mol.